The second kappa shape index (κ2) is 7.70. The molecular weight excluding hydrogens is 349 g/mol. The number of thiophene rings is 1. The van der Waals surface area contributed by atoms with E-state index in [-0.39, 0.29) is 11.9 Å². The molecule has 0 aliphatic carbocycles. The Bertz CT molecular complexity index is 840. The van der Waals surface area contributed by atoms with Crippen LogP contribution in [0.15, 0.2) is 52.4 Å². The summed E-state index contributed by atoms with van der Waals surface area (Å²) in [6, 6.07) is 11.2. The molecule has 0 spiro atoms. The summed E-state index contributed by atoms with van der Waals surface area (Å²) < 4.78 is 19.3. The van der Waals surface area contributed by atoms with Gasteiger partial charge in [-0.05, 0) is 36.1 Å². The van der Waals surface area contributed by atoms with Crippen LogP contribution in [-0.2, 0) is 6.54 Å². The fourth-order valence-corrected chi connectivity index (χ4v) is 4.06. The van der Waals surface area contributed by atoms with Crippen LogP contribution in [0.1, 0.15) is 24.4 Å². The number of rotatable bonds is 5. The zero-order valence-electron chi connectivity index (χ0n) is 14.8. The normalized spacial score (nSPS) is 17.5. The highest BCUT2D eigenvalue weighted by Crippen LogP contribution is 2.26. The average molecular weight is 371 g/mol. The summed E-state index contributed by atoms with van der Waals surface area (Å²) in [7, 11) is 0. The minimum absolute atomic E-state index is 0.168. The molecule has 4 nitrogen and oxygen atoms in total. The van der Waals surface area contributed by atoms with Crippen LogP contribution in [-0.4, -0.2) is 41.0 Å². The average Bonchev–Trinajstić information content (AvgIpc) is 3.33. The number of aromatic nitrogens is 1. The quantitative estimate of drug-likeness (QED) is 0.665. The Labute approximate surface area is 156 Å². The van der Waals surface area contributed by atoms with Gasteiger partial charge in [0.25, 0.3) is 0 Å². The number of benzene rings is 1. The van der Waals surface area contributed by atoms with Gasteiger partial charge in [0.2, 0.25) is 5.89 Å². The second-order valence-electron chi connectivity index (χ2n) is 6.64. The van der Waals surface area contributed by atoms with E-state index in [1.807, 2.05) is 29.8 Å². The highest BCUT2D eigenvalue weighted by Gasteiger charge is 2.23. The van der Waals surface area contributed by atoms with Gasteiger partial charge in [-0.15, -0.1) is 11.3 Å². The van der Waals surface area contributed by atoms with Crippen molar-refractivity contribution in [3.63, 3.8) is 0 Å². The molecule has 1 saturated heterocycles. The number of hydrogen-bond donors (Lipinski definition) is 0. The molecule has 26 heavy (non-hydrogen) atoms. The van der Waals surface area contributed by atoms with Gasteiger partial charge in [0, 0.05) is 32.2 Å². The number of piperazine rings is 1. The number of oxazole rings is 1. The first-order chi connectivity index (χ1) is 12.7. The molecule has 0 bridgehead atoms. The first-order valence-electron chi connectivity index (χ1n) is 8.89. The van der Waals surface area contributed by atoms with E-state index < -0.39 is 0 Å². The van der Waals surface area contributed by atoms with Crippen molar-refractivity contribution in [2.24, 2.45) is 0 Å². The molecule has 4 rings (SSSR count). The first-order valence-corrected chi connectivity index (χ1v) is 9.77. The lowest BCUT2D eigenvalue weighted by atomic mass is 10.1. The van der Waals surface area contributed by atoms with Crippen LogP contribution in [0.4, 0.5) is 4.39 Å². The Morgan fingerprint density at radius 1 is 1.19 bits per heavy atom. The van der Waals surface area contributed by atoms with E-state index in [4.69, 9.17) is 4.42 Å². The summed E-state index contributed by atoms with van der Waals surface area (Å²) in [5.74, 6) is 1.44. The summed E-state index contributed by atoms with van der Waals surface area (Å²) in [5, 5.41) is 2.04. The highest BCUT2D eigenvalue weighted by atomic mass is 32.1. The number of nitrogens with zero attached hydrogens (tertiary/aromatic N) is 3. The minimum Gasteiger partial charge on any atom is -0.438 e. The molecule has 0 saturated carbocycles. The molecule has 1 aromatic carbocycles. The third kappa shape index (κ3) is 3.87. The van der Waals surface area contributed by atoms with Crippen LogP contribution in [0, 0.1) is 5.82 Å². The smallest absolute Gasteiger partial charge is 0.209 e. The molecule has 3 heterocycles. The van der Waals surface area contributed by atoms with Crippen LogP contribution in [0.5, 0.6) is 0 Å². The lowest BCUT2D eigenvalue weighted by molar-refractivity contribution is 0.0922. The number of halogens is 1. The van der Waals surface area contributed by atoms with Gasteiger partial charge in [-0.25, -0.2) is 9.37 Å². The molecule has 6 heteroatoms. The molecule has 1 aliphatic rings. The van der Waals surface area contributed by atoms with Gasteiger partial charge >= 0.3 is 0 Å². The van der Waals surface area contributed by atoms with Gasteiger partial charge < -0.3 is 4.42 Å². The molecule has 0 N–H and O–H groups in total. The van der Waals surface area contributed by atoms with Crippen molar-refractivity contribution >= 4 is 11.3 Å². The van der Waals surface area contributed by atoms with Crippen molar-refractivity contribution in [3.05, 3.63) is 65.2 Å². The van der Waals surface area contributed by atoms with Crippen molar-refractivity contribution in [1.29, 1.82) is 0 Å². The third-order valence-corrected chi connectivity index (χ3v) is 5.85. The van der Waals surface area contributed by atoms with E-state index in [1.54, 1.807) is 23.5 Å². The van der Waals surface area contributed by atoms with E-state index in [0.29, 0.717) is 0 Å². The van der Waals surface area contributed by atoms with Crippen molar-refractivity contribution in [2.45, 2.75) is 19.5 Å². The third-order valence-electron chi connectivity index (χ3n) is 4.96. The summed E-state index contributed by atoms with van der Waals surface area (Å²) in [4.78, 5) is 10.3. The maximum Gasteiger partial charge on any atom is 0.209 e. The van der Waals surface area contributed by atoms with Gasteiger partial charge in [0.05, 0.1) is 17.6 Å². The largest absolute Gasteiger partial charge is 0.438 e. The standard InChI is InChI=1S/C20H22FN3OS/c1-15(16-4-2-5-17(21)12-16)24-9-7-23(8-10-24)14-20-22-13-18(25-20)19-6-3-11-26-19/h2-6,11-13,15H,7-10,14H2,1H3/t15-/m1/s1. The number of hydrogen-bond acceptors (Lipinski definition) is 5. The van der Waals surface area contributed by atoms with Gasteiger partial charge in [-0.1, -0.05) is 18.2 Å². The summed E-state index contributed by atoms with van der Waals surface area (Å²) in [6.07, 6.45) is 1.81. The van der Waals surface area contributed by atoms with Crippen molar-refractivity contribution in [1.82, 2.24) is 14.8 Å². The predicted molar refractivity (Wildman–Crippen MR) is 101 cm³/mol. The van der Waals surface area contributed by atoms with Crippen LogP contribution in [0.3, 0.4) is 0 Å². The Morgan fingerprint density at radius 2 is 2.04 bits per heavy atom. The van der Waals surface area contributed by atoms with E-state index >= 15 is 0 Å². The van der Waals surface area contributed by atoms with Crippen LogP contribution in [0.25, 0.3) is 10.6 Å². The van der Waals surface area contributed by atoms with Crippen molar-refractivity contribution < 1.29 is 8.81 Å². The summed E-state index contributed by atoms with van der Waals surface area (Å²) in [5.41, 5.74) is 1.03. The van der Waals surface area contributed by atoms with Crippen LogP contribution in [0.2, 0.25) is 0 Å². The van der Waals surface area contributed by atoms with Crippen LogP contribution < -0.4 is 0 Å². The van der Waals surface area contributed by atoms with E-state index in [0.717, 1.165) is 54.8 Å². The summed E-state index contributed by atoms with van der Waals surface area (Å²) in [6.45, 7) is 6.69. The predicted octanol–water partition coefficient (Wildman–Crippen LogP) is 4.42. The minimum atomic E-state index is -0.168. The molecular formula is C20H22FN3OS. The fraction of sp³-hybridized carbons (Fsp3) is 0.350. The Hall–Kier alpha value is -2.02. The molecule has 0 unspecified atom stereocenters. The highest BCUT2D eigenvalue weighted by molar-refractivity contribution is 7.13. The van der Waals surface area contributed by atoms with Crippen molar-refractivity contribution in [2.75, 3.05) is 26.2 Å². The molecule has 136 valence electrons. The van der Waals surface area contributed by atoms with Gasteiger partial charge in [-0.3, -0.25) is 9.80 Å². The molecule has 3 aromatic rings. The lowest BCUT2D eigenvalue weighted by Gasteiger charge is -2.37. The Morgan fingerprint density at radius 3 is 2.77 bits per heavy atom. The maximum atomic E-state index is 13.5. The molecule has 0 amide bonds. The SMILES string of the molecule is C[C@H](c1cccc(F)c1)N1CCN(Cc2ncc(-c3cccs3)o2)CC1. The molecule has 1 aliphatic heterocycles. The Balaban J connectivity index is 1.32. The van der Waals surface area contributed by atoms with E-state index in [1.165, 1.54) is 6.07 Å². The molecule has 1 fully saturated rings. The van der Waals surface area contributed by atoms with E-state index in [2.05, 4.69) is 21.7 Å². The summed E-state index contributed by atoms with van der Waals surface area (Å²) >= 11 is 1.66. The van der Waals surface area contributed by atoms with Crippen molar-refractivity contribution in [3.8, 4) is 10.6 Å². The topological polar surface area (TPSA) is 32.5 Å². The second-order valence-corrected chi connectivity index (χ2v) is 7.59. The Kier molecular flexibility index (Phi) is 5.15. The van der Waals surface area contributed by atoms with E-state index in [9.17, 15) is 4.39 Å². The van der Waals surface area contributed by atoms with Crippen LogP contribution >= 0.6 is 11.3 Å². The fourth-order valence-electron chi connectivity index (χ4n) is 3.39. The monoisotopic (exact) mass is 371 g/mol. The lowest BCUT2D eigenvalue weighted by Crippen LogP contribution is -2.46. The molecule has 2 aromatic heterocycles. The molecule has 1 atom stereocenters. The maximum absolute atomic E-state index is 13.5. The first kappa shape index (κ1) is 17.4. The zero-order chi connectivity index (χ0) is 17.9. The molecule has 0 radical (unpaired) electrons. The van der Waals surface area contributed by atoms with Gasteiger partial charge in [0.1, 0.15) is 5.82 Å². The van der Waals surface area contributed by atoms with Gasteiger partial charge in [-0.2, -0.15) is 0 Å². The zero-order valence-corrected chi connectivity index (χ0v) is 15.6. The van der Waals surface area contributed by atoms with Gasteiger partial charge in [0.15, 0.2) is 5.76 Å².